The first-order valence-electron chi connectivity index (χ1n) is 4.86. The Labute approximate surface area is 119 Å². The minimum atomic E-state index is -1.79. The predicted octanol–water partition coefficient (Wildman–Crippen LogP) is 1.59. The zero-order chi connectivity index (χ0) is 12.7. The average molecular weight is 240 g/mol. The zero-order valence-electron chi connectivity index (χ0n) is 10.2. The van der Waals surface area contributed by atoms with E-state index in [-0.39, 0.29) is 29.6 Å². The summed E-state index contributed by atoms with van der Waals surface area (Å²) in [5, 5.41) is 18.6. The molecule has 0 aromatic rings. The molecular weight excluding hydrogens is 219 g/mol. The molecule has 0 aliphatic rings. The summed E-state index contributed by atoms with van der Waals surface area (Å²) in [6.07, 6.45) is 0. The molecule has 0 unspecified atom stereocenters. The molecule has 0 saturated carbocycles. The summed E-state index contributed by atoms with van der Waals surface area (Å²) in [6, 6.07) is 0. The van der Waals surface area contributed by atoms with Gasteiger partial charge < -0.3 is 10.2 Å². The quantitative estimate of drug-likeness (QED) is 0.567. The molecule has 0 radical (unpaired) electrons. The van der Waals surface area contributed by atoms with Crippen molar-refractivity contribution in [2.24, 2.45) is 16.2 Å². The molecule has 16 heavy (non-hydrogen) atoms. The number of carboxylic acids is 2. The topological polar surface area (TPSA) is 74.6 Å². The van der Waals surface area contributed by atoms with Crippen LogP contribution in [0.5, 0.6) is 0 Å². The van der Waals surface area contributed by atoms with Gasteiger partial charge in [0.1, 0.15) is 0 Å². The van der Waals surface area contributed by atoms with Gasteiger partial charge in [-0.25, -0.2) is 0 Å². The minimum absolute atomic E-state index is 0. The van der Waals surface area contributed by atoms with Crippen molar-refractivity contribution in [3.8, 4) is 0 Å². The van der Waals surface area contributed by atoms with E-state index in [9.17, 15) is 19.8 Å². The van der Waals surface area contributed by atoms with Crippen LogP contribution >= 0.6 is 0 Å². The summed E-state index contributed by atoms with van der Waals surface area (Å²) in [5.41, 5.74) is -3.51. The predicted molar refractivity (Wildman–Crippen MR) is 63.8 cm³/mol. The Morgan fingerprint density at radius 1 is 0.750 bits per heavy atom. The molecule has 0 aliphatic carbocycles. The molecule has 0 bridgehead atoms. The van der Waals surface area contributed by atoms with Crippen LogP contribution in [0.2, 0.25) is 0 Å². The Balaban J connectivity index is 0. The summed E-state index contributed by atoms with van der Waals surface area (Å²) in [7, 11) is 0. The van der Waals surface area contributed by atoms with E-state index in [4.69, 9.17) is 0 Å². The fourth-order valence-corrected chi connectivity index (χ4v) is 2.50. The van der Waals surface area contributed by atoms with Crippen molar-refractivity contribution in [2.45, 2.75) is 41.5 Å². The Hall–Kier alpha value is -0.0600. The van der Waals surface area contributed by atoms with Crippen LogP contribution in [0.4, 0.5) is 0 Å². The molecule has 0 spiro atoms. The Bertz CT molecular complexity index is 253. The first kappa shape index (κ1) is 18.3. The standard InChI is InChI=1S/C11H20O4.Na.H/c1-9(2,3)11(7(12)13,8(14)15)10(4,5)6;;/h1-6H3,(H,12,13)(H,14,15);;. The van der Waals surface area contributed by atoms with Gasteiger partial charge in [0.25, 0.3) is 0 Å². The molecule has 4 nitrogen and oxygen atoms in total. The fraction of sp³-hybridized carbons (Fsp3) is 0.818. The Morgan fingerprint density at radius 2 is 0.938 bits per heavy atom. The third kappa shape index (κ3) is 2.60. The second kappa shape index (κ2) is 5.07. The number of carbonyl (C=O) groups is 2. The van der Waals surface area contributed by atoms with Crippen LogP contribution in [-0.2, 0) is 9.59 Å². The Morgan fingerprint density at radius 3 is 0.938 bits per heavy atom. The van der Waals surface area contributed by atoms with Gasteiger partial charge in [0.05, 0.1) is 0 Å². The molecule has 5 heteroatoms. The number of aliphatic carboxylic acids is 2. The summed E-state index contributed by atoms with van der Waals surface area (Å²) >= 11 is 0. The summed E-state index contributed by atoms with van der Waals surface area (Å²) in [6.45, 7) is 9.84. The Kier molecular flexibility index (Phi) is 5.80. The van der Waals surface area contributed by atoms with Crippen LogP contribution in [0.25, 0.3) is 0 Å². The molecule has 90 valence electrons. The number of hydrogen-bond acceptors (Lipinski definition) is 2. The molecule has 0 heterocycles. The molecule has 0 aromatic carbocycles. The molecule has 0 fully saturated rings. The molecule has 0 amide bonds. The van der Waals surface area contributed by atoms with E-state index < -0.39 is 28.2 Å². The van der Waals surface area contributed by atoms with Crippen LogP contribution in [-0.4, -0.2) is 51.7 Å². The monoisotopic (exact) mass is 240 g/mol. The number of rotatable bonds is 2. The van der Waals surface area contributed by atoms with Crippen molar-refractivity contribution >= 4 is 41.5 Å². The normalized spacial score (nSPS) is 12.9. The van der Waals surface area contributed by atoms with Gasteiger partial charge in [0, 0.05) is 0 Å². The molecule has 0 rings (SSSR count). The van der Waals surface area contributed by atoms with Gasteiger partial charge in [-0.1, -0.05) is 41.5 Å². The SMILES string of the molecule is CC(C)(C)C(C(=O)O)(C(=O)O)C(C)(C)C.[NaH]. The summed E-state index contributed by atoms with van der Waals surface area (Å²) in [5.74, 6) is -2.56. The molecule has 2 N–H and O–H groups in total. The van der Waals surface area contributed by atoms with E-state index in [1.807, 2.05) is 0 Å². The van der Waals surface area contributed by atoms with Crippen molar-refractivity contribution in [1.82, 2.24) is 0 Å². The van der Waals surface area contributed by atoms with Crippen LogP contribution < -0.4 is 0 Å². The van der Waals surface area contributed by atoms with Crippen molar-refractivity contribution in [1.29, 1.82) is 0 Å². The first-order valence-corrected chi connectivity index (χ1v) is 4.86. The second-order valence-corrected chi connectivity index (χ2v) is 5.86. The van der Waals surface area contributed by atoms with E-state index in [1.54, 1.807) is 41.5 Å². The van der Waals surface area contributed by atoms with Gasteiger partial charge in [-0.15, -0.1) is 0 Å². The van der Waals surface area contributed by atoms with Crippen molar-refractivity contribution < 1.29 is 19.8 Å². The molecule has 0 aromatic heterocycles. The van der Waals surface area contributed by atoms with Gasteiger partial charge in [-0.2, -0.15) is 0 Å². The first-order chi connectivity index (χ1) is 6.39. The van der Waals surface area contributed by atoms with Crippen molar-refractivity contribution in [2.75, 3.05) is 0 Å². The molecular formula is C11H21NaO4. The van der Waals surface area contributed by atoms with E-state index >= 15 is 0 Å². The van der Waals surface area contributed by atoms with Gasteiger partial charge in [-0.3, -0.25) is 9.59 Å². The maximum absolute atomic E-state index is 11.4. The molecule has 0 atom stereocenters. The molecule has 0 saturated heterocycles. The number of carboxylic acid groups (broad SMARTS) is 2. The maximum atomic E-state index is 11.4. The van der Waals surface area contributed by atoms with Crippen LogP contribution in [0.15, 0.2) is 0 Å². The molecule has 0 aliphatic heterocycles. The van der Waals surface area contributed by atoms with Crippen LogP contribution in [0, 0.1) is 16.2 Å². The van der Waals surface area contributed by atoms with E-state index in [2.05, 4.69) is 0 Å². The number of hydrogen-bond donors (Lipinski definition) is 2. The summed E-state index contributed by atoms with van der Waals surface area (Å²) in [4.78, 5) is 22.8. The second-order valence-electron chi connectivity index (χ2n) is 5.86. The van der Waals surface area contributed by atoms with Crippen LogP contribution in [0.1, 0.15) is 41.5 Å². The third-order valence-corrected chi connectivity index (χ3v) is 2.89. The van der Waals surface area contributed by atoms with Gasteiger partial charge in [0.15, 0.2) is 5.41 Å². The zero-order valence-corrected chi connectivity index (χ0v) is 10.2. The van der Waals surface area contributed by atoms with E-state index in [1.165, 1.54) is 0 Å². The average Bonchev–Trinajstić information content (AvgIpc) is 1.75. The fourth-order valence-electron chi connectivity index (χ4n) is 2.50. The van der Waals surface area contributed by atoms with Crippen molar-refractivity contribution in [3.05, 3.63) is 0 Å². The van der Waals surface area contributed by atoms with Crippen LogP contribution in [0.3, 0.4) is 0 Å². The van der Waals surface area contributed by atoms with E-state index in [0.717, 1.165) is 0 Å². The van der Waals surface area contributed by atoms with E-state index in [0.29, 0.717) is 0 Å². The van der Waals surface area contributed by atoms with Crippen molar-refractivity contribution in [3.63, 3.8) is 0 Å². The van der Waals surface area contributed by atoms with Gasteiger partial charge in [0.2, 0.25) is 0 Å². The summed E-state index contributed by atoms with van der Waals surface area (Å²) < 4.78 is 0. The van der Waals surface area contributed by atoms with Gasteiger partial charge >= 0.3 is 41.5 Å². The third-order valence-electron chi connectivity index (χ3n) is 2.89. The van der Waals surface area contributed by atoms with Gasteiger partial charge in [-0.05, 0) is 10.8 Å².